The number of aryl methyl sites for hydroxylation is 2. The third-order valence-electron chi connectivity index (χ3n) is 10.1. The molecule has 0 spiro atoms. The molecule has 0 amide bonds. The van der Waals surface area contributed by atoms with Crippen molar-refractivity contribution in [3.05, 3.63) is 163 Å². The standard InChI is InChI=1S/C35H28N3O.C15H18NSi.Ir/c1-22-17-19-26-25-13-10-14-27(32(25)39-34(26)36-22)33-37-29-15-8-9-16-31(29)38(33)30-20-18-24(35(2,3)4)21-28(30)23-11-6-5-7-12-23;1-12-5-7-13(8-6-12)15-10-9-14(11-16-15)17(2,3)4;/h5-13,15-21H,1-4H3;5-7,9-11H,1-4H3;/q2*-1;/i;1D3;. The molecule has 0 unspecified atom stereocenters. The molecule has 4 aromatic heterocycles. The smallest absolute Gasteiger partial charge is 0.216 e. The first-order valence-electron chi connectivity index (χ1n) is 20.4. The third-order valence-corrected chi connectivity index (χ3v) is 12.2. The van der Waals surface area contributed by atoms with Crippen LogP contribution >= 0.6 is 0 Å². The molecule has 9 aromatic rings. The summed E-state index contributed by atoms with van der Waals surface area (Å²) >= 11 is 0. The minimum atomic E-state index is -2.08. The van der Waals surface area contributed by atoms with Gasteiger partial charge in [-0.15, -0.1) is 53.6 Å². The van der Waals surface area contributed by atoms with Crippen LogP contribution in [0.4, 0.5) is 0 Å². The Morgan fingerprint density at radius 1 is 0.789 bits per heavy atom. The van der Waals surface area contributed by atoms with Gasteiger partial charge in [0.1, 0.15) is 0 Å². The molecule has 1 radical (unpaired) electrons. The maximum Gasteiger partial charge on any atom is 0.216 e. The van der Waals surface area contributed by atoms with Crippen LogP contribution in [-0.2, 0) is 25.5 Å². The van der Waals surface area contributed by atoms with Gasteiger partial charge >= 0.3 is 0 Å². The number of hydrogen-bond acceptors (Lipinski definition) is 4. The normalized spacial score (nSPS) is 12.7. The molecule has 5 nitrogen and oxygen atoms in total. The first kappa shape index (κ1) is 35.9. The third kappa shape index (κ3) is 8.06. The predicted octanol–water partition coefficient (Wildman–Crippen LogP) is 12.5. The Morgan fingerprint density at radius 3 is 2.28 bits per heavy atom. The SMILES string of the molecule is Cc1ccc2c(n1)oc1c(-c3nc4ccccc4n3-c3ccc(C(C)(C)C)cc3-c3ccccc3)[c-]ccc12.[2H]C([2H])([2H])c1c[c-]c(-c2ccc([Si](C)(C)C)cn2)cc1.[Ir]. The fourth-order valence-corrected chi connectivity index (χ4v) is 7.98. The van der Waals surface area contributed by atoms with E-state index in [0.717, 1.165) is 72.5 Å². The van der Waals surface area contributed by atoms with Gasteiger partial charge in [-0.05, 0) is 70.7 Å². The van der Waals surface area contributed by atoms with E-state index in [1.54, 1.807) is 12.1 Å². The molecule has 57 heavy (non-hydrogen) atoms. The molecule has 7 heteroatoms. The van der Waals surface area contributed by atoms with E-state index in [2.05, 4.69) is 146 Å². The van der Waals surface area contributed by atoms with Crippen molar-refractivity contribution in [2.24, 2.45) is 0 Å². The Morgan fingerprint density at radius 2 is 1.58 bits per heavy atom. The average Bonchev–Trinajstić information content (AvgIpc) is 3.78. The summed E-state index contributed by atoms with van der Waals surface area (Å²) in [6, 6.07) is 49.2. The molecule has 287 valence electrons. The number of aromatic nitrogens is 4. The zero-order chi connectivity index (χ0) is 41.7. The van der Waals surface area contributed by atoms with Gasteiger partial charge in [0.05, 0.1) is 30.5 Å². The van der Waals surface area contributed by atoms with E-state index in [0.29, 0.717) is 11.3 Å². The number of para-hydroxylation sites is 2. The molecule has 4 heterocycles. The van der Waals surface area contributed by atoms with Crippen LogP contribution in [0.25, 0.3) is 72.6 Å². The summed E-state index contributed by atoms with van der Waals surface area (Å²) in [7, 11) is -1.34. The van der Waals surface area contributed by atoms with Crippen LogP contribution < -0.4 is 5.19 Å². The van der Waals surface area contributed by atoms with E-state index >= 15 is 0 Å². The number of imidazole rings is 1. The minimum absolute atomic E-state index is 0. The topological polar surface area (TPSA) is 56.7 Å². The van der Waals surface area contributed by atoms with Crippen molar-refractivity contribution in [3.8, 4) is 39.5 Å². The van der Waals surface area contributed by atoms with Gasteiger partial charge in [0.25, 0.3) is 0 Å². The maximum absolute atomic E-state index is 7.35. The van der Waals surface area contributed by atoms with Gasteiger partial charge in [-0.3, -0.25) is 4.98 Å². The molecule has 0 saturated carbocycles. The summed E-state index contributed by atoms with van der Waals surface area (Å²) in [5.41, 5.74) is 11.7. The van der Waals surface area contributed by atoms with Gasteiger partial charge in [0.2, 0.25) is 5.71 Å². The summed E-state index contributed by atoms with van der Waals surface area (Å²) in [5.74, 6) is 0.790. The minimum Gasteiger partial charge on any atom is -0.486 e. The van der Waals surface area contributed by atoms with E-state index in [9.17, 15) is 0 Å². The fourth-order valence-electron chi connectivity index (χ4n) is 6.95. The van der Waals surface area contributed by atoms with Crippen LogP contribution in [0.3, 0.4) is 0 Å². The van der Waals surface area contributed by atoms with E-state index in [1.165, 1.54) is 16.8 Å². The summed E-state index contributed by atoms with van der Waals surface area (Å²) in [6.07, 6.45) is 1.92. The zero-order valence-corrected chi connectivity index (χ0v) is 36.6. The molecule has 0 N–H and O–H groups in total. The maximum atomic E-state index is 7.35. The van der Waals surface area contributed by atoms with Crippen molar-refractivity contribution in [1.29, 1.82) is 0 Å². The van der Waals surface area contributed by atoms with Crippen LogP contribution in [0.2, 0.25) is 19.6 Å². The van der Waals surface area contributed by atoms with E-state index < -0.39 is 14.9 Å². The Bertz CT molecular complexity index is 2890. The van der Waals surface area contributed by atoms with Gasteiger partial charge in [-0.2, -0.15) is 0 Å². The number of hydrogen-bond donors (Lipinski definition) is 0. The van der Waals surface area contributed by atoms with Crippen molar-refractivity contribution >= 4 is 46.4 Å². The average molecular weight is 942 g/mol. The summed E-state index contributed by atoms with van der Waals surface area (Å²) in [4.78, 5) is 14.3. The first-order valence-corrected chi connectivity index (χ1v) is 22.4. The van der Waals surface area contributed by atoms with E-state index in [-0.39, 0.29) is 25.5 Å². The summed E-state index contributed by atoms with van der Waals surface area (Å²) in [5, 5.41) is 3.31. The van der Waals surface area contributed by atoms with E-state index in [4.69, 9.17) is 13.5 Å². The second-order valence-corrected chi connectivity index (χ2v) is 21.4. The van der Waals surface area contributed by atoms with Crippen LogP contribution in [0.15, 0.2) is 138 Å². The molecule has 0 atom stereocenters. The van der Waals surface area contributed by atoms with Crippen LogP contribution in [0.5, 0.6) is 0 Å². The number of benzene rings is 5. The monoisotopic (exact) mass is 942 g/mol. The molecule has 9 rings (SSSR count). The second kappa shape index (κ2) is 15.8. The zero-order valence-electron chi connectivity index (χ0n) is 36.2. The number of fused-ring (bicyclic) bond motifs is 4. The van der Waals surface area contributed by atoms with Crippen LogP contribution in [0, 0.1) is 25.9 Å². The quantitative estimate of drug-likeness (QED) is 0.127. The van der Waals surface area contributed by atoms with Crippen molar-refractivity contribution in [2.75, 3.05) is 0 Å². The molecule has 5 aromatic carbocycles. The van der Waals surface area contributed by atoms with Gasteiger partial charge in [-0.1, -0.05) is 119 Å². The number of nitrogens with zero attached hydrogens (tertiary/aromatic N) is 4. The van der Waals surface area contributed by atoms with Crippen LogP contribution in [0.1, 0.15) is 41.7 Å². The van der Waals surface area contributed by atoms with Crippen molar-refractivity contribution in [1.82, 2.24) is 19.5 Å². The first-order chi connectivity index (χ1) is 28.1. The van der Waals surface area contributed by atoms with Crippen molar-refractivity contribution in [3.63, 3.8) is 0 Å². The van der Waals surface area contributed by atoms with Gasteiger partial charge in [0.15, 0.2) is 0 Å². The van der Waals surface area contributed by atoms with Gasteiger partial charge in [-0.25, -0.2) is 4.98 Å². The number of pyridine rings is 2. The Hall–Kier alpha value is -5.46. The molecule has 0 aliphatic carbocycles. The fraction of sp³-hybridized carbons (Fsp3) is 0.180. The van der Waals surface area contributed by atoms with Gasteiger partial charge in [0, 0.05) is 52.7 Å². The summed E-state index contributed by atoms with van der Waals surface area (Å²) < 4.78 is 30.7. The molecule has 0 saturated heterocycles. The Balaban J connectivity index is 0.000000220. The molecular weight excluding hydrogens is 893 g/mol. The number of rotatable bonds is 5. The molecule has 0 aliphatic heterocycles. The number of furan rings is 1. The predicted molar refractivity (Wildman–Crippen MR) is 236 cm³/mol. The second-order valence-electron chi connectivity index (χ2n) is 16.3. The molecule has 0 fully saturated rings. The van der Waals surface area contributed by atoms with Crippen molar-refractivity contribution in [2.45, 2.75) is 59.6 Å². The van der Waals surface area contributed by atoms with Gasteiger partial charge < -0.3 is 14.0 Å². The summed E-state index contributed by atoms with van der Waals surface area (Å²) in [6.45, 7) is 13.5. The Kier molecular flexibility index (Phi) is 9.97. The van der Waals surface area contributed by atoms with Crippen LogP contribution in [-0.4, -0.2) is 27.6 Å². The molecule has 0 aliphatic rings. The molecular formula is C50H46IrN4OSi-2. The Labute approximate surface area is 354 Å². The van der Waals surface area contributed by atoms with E-state index in [1.807, 2.05) is 43.5 Å². The largest absolute Gasteiger partial charge is 0.486 e. The van der Waals surface area contributed by atoms with Crippen molar-refractivity contribution < 1.29 is 28.6 Å². The molecule has 0 bridgehead atoms.